The van der Waals surface area contributed by atoms with Crippen molar-refractivity contribution in [2.24, 2.45) is 0 Å². The number of allylic oxidation sites excluding steroid dienone is 1. The number of aryl methyl sites for hydroxylation is 1. The van der Waals surface area contributed by atoms with Gasteiger partial charge in [0.15, 0.2) is 0 Å². The molecule has 1 nitrogen and oxygen atoms in total. The van der Waals surface area contributed by atoms with Gasteiger partial charge in [0.1, 0.15) is 0 Å². The first kappa shape index (κ1) is 15.3. The average Bonchev–Trinajstić information content (AvgIpc) is 2.49. The van der Waals surface area contributed by atoms with Gasteiger partial charge in [0, 0.05) is 6.04 Å². The van der Waals surface area contributed by atoms with Crippen molar-refractivity contribution in [2.45, 2.75) is 64.8 Å². The van der Waals surface area contributed by atoms with Gasteiger partial charge in [-0.1, -0.05) is 56.2 Å². The van der Waals surface area contributed by atoms with Crippen LogP contribution in [0, 0.1) is 0 Å². The van der Waals surface area contributed by atoms with Crippen molar-refractivity contribution in [2.75, 3.05) is 6.54 Å². The fraction of sp³-hybridized carbons (Fsp3) is 0.579. The third-order valence-electron chi connectivity index (χ3n) is 4.19. The van der Waals surface area contributed by atoms with E-state index in [2.05, 4.69) is 49.5 Å². The van der Waals surface area contributed by atoms with Crippen molar-refractivity contribution in [1.82, 2.24) is 5.32 Å². The van der Waals surface area contributed by atoms with Crippen molar-refractivity contribution < 1.29 is 0 Å². The van der Waals surface area contributed by atoms with Crippen molar-refractivity contribution >= 4 is 0 Å². The Morgan fingerprint density at radius 1 is 1.20 bits per heavy atom. The van der Waals surface area contributed by atoms with Gasteiger partial charge in [-0.05, 0) is 56.2 Å². The van der Waals surface area contributed by atoms with Crippen LogP contribution in [0.25, 0.3) is 0 Å². The van der Waals surface area contributed by atoms with E-state index in [0.29, 0.717) is 6.04 Å². The zero-order valence-corrected chi connectivity index (χ0v) is 13.1. The molecule has 1 aromatic carbocycles. The predicted molar refractivity (Wildman–Crippen MR) is 88.0 cm³/mol. The minimum atomic E-state index is 0.487. The van der Waals surface area contributed by atoms with Crippen LogP contribution in [0.4, 0.5) is 0 Å². The van der Waals surface area contributed by atoms with Crippen LogP contribution >= 0.6 is 0 Å². The van der Waals surface area contributed by atoms with E-state index in [4.69, 9.17) is 0 Å². The van der Waals surface area contributed by atoms with Gasteiger partial charge in [0.25, 0.3) is 0 Å². The molecule has 0 fully saturated rings. The summed E-state index contributed by atoms with van der Waals surface area (Å²) in [5.41, 5.74) is 4.60. The maximum atomic E-state index is 3.67. The van der Waals surface area contributed by atoms with Crippen molar-refractivity contribution in [3.63, 3.8) is 0 Å². The SMILES string of the molecule is CCCc1cccc(C(CC2=CCCCC2)NCC)c1. The molecule has 0 radical (unpaired) electrons. The maximum Gasteiger partial charge on any atom is 0.0357 e. The number of nitrogens with one attached hydrogen (secondary N) is 1. The first-order valence-corrected chi connectivity index (χ1v) is 8.33. The Morgan fingerprint density at radius 2 is 2.10 bits per heavy atom. The van der Waals surface area contributed by atoms with Crippen LogP contribution in [0.15, 0.2) is 35.9 Å². The van der Waals surface area contributed by atoms with Gasteiger partial charge in [-0.25, -0.2) is 0 Å². The highest BCUT2D eigenvalue weighted by Crippen LogP contribution is 2.28. The summed E-state index contributed by atoms with van der Waals surface area (Å²) in [6.45, 7) is 5.50. The molecule has 1 N–H and O–H groups in total. The molecule has 0 aromatic heterocycles. The van der Waals surface area contributed by atoms with E-state index in [1.54, 1.807) is 5.57 Å². The van der Waals surface area contributed by atoms with Crippen molar-refractivity contribution in [1.29, 1.82) is 0 Å². The summed E-state index contributed by atoms with van der Waals surface area (Å²) in [5.74, 6) is 0. The minimum absolute atomic E-state index is 0.487. The number of rotatable bonds is 7. The van der Waals surface area contributed by atoms with Crippen LogP contribution < -0.4 is 5.32 Å². The highest BCUT2D eigenvalue weighted by molar-refractivity contribution is 5.27. The Hall–Kier alpha value is -1.08. The van der Waals surface area contributed by atoms with Gasteiger partial charge in [-0.2, -0.15) is 0 Å². The van der Waals surface area contributed by atoms with E-state index >= 15 is 0 Å². The fourth-order valence-corrected chi connectivity index (χ4v) is 3.16. The van der Waals surface area contributed by atoms with Gasteiger partial charge >= 0.3 is 0 Å². The lowest BCUT2D eigenvalue weighted by molar-refractivity contribution is 0.527. The molecule has 2 rings (SSSR count). The summed E-state index contributed by atoms with van der Waals surface area (Å²) in [7, 11) is 0. The minimum Gasteiger partial charge on any atom is -0.310 e. The molecule has 0 saturated carbocycles. The molecular weight excluding hydrogens is 242 g/mol. The lowest BCUT2D eigenvalue weighted by Gasteiger charge is -2.22. The lowest BCUT2D eigenvalue weighted by atomic mass is 9.90. The normalized spacial score (nSPS) is 16.8. The van der Waals surface area contributed by atoms with Crippen LogP contribution in [0.2, 0.25) is 0 Å². The smallest absolute Gasteiger partial charge is 0.0357 e. The molecule has 0 heterocycles. The van der Waals surface area contributed by atoms with E-state index < -0.39 is 0 Å². The Balaban J connectivity index is 2.10. The van der Waals surface area contributed by atoms with Crippen LogP contribution in [0.3, 0.4) is 0 Å². The van der Waals surface area contributed by atoms with Gasteiger partial charge in [-0.3, -0.25) is 0 Å². The zero-order valence-electron chi connectivity index (χ0n) is 13.1. The molecule has 0 amide bonds. The second kappa shape index (κ2) is 8.26. The summed E-state index contributed by atoms with van der Waals surface area (Å²) in [6.07, 6.45) is 11.4. The standard InChI is InChI=1S/C19H29N/c1-3-9-16-12-8-13-18(14-16)19(20-4-2)15-17-10-6-5-7-11-17/h8,10,12-14,19-20H,3-7,9,11,15H2,1-2H3. The summed E-state index contributed by atoms with van der Waals surface area (Å²) < 4.78 is 0. The molecular formula is C19H29N. The van der Waals surface area contributed by atoms with E-state index in [1.165, 1.54) is 56.1 Å². The second-order valence-corrected chi connectivity index (χ2v) is 5.92. The van der Waals surface area contributed by atoms with Crippen LogP contribution in [0.5, 0.6) is 0 Å². The fourth-order valence-electron chi connectivity index (χ4n) is 3.16. The first-order chi connectivity index (χ1) is 9.83. The molecule has 1 aliphatic rings. The first-order valence-electron chi connectivity index (χ1n) is 8.33. The molecule has 1 atom stereocenters. The van der Waals surface area contributed by atoms with Crippen LogP contribution in [-0.4, -0.2) is 6.54 Å². The van der Waals surface area contributed by atoms with Gasteiger partial charge in [0.2, 0.25) is 0 Å². The zero-order chi connectivity index (χ0) is 14.2. The molecule has 110 valence electrons. The summed E-state index contributed by atoms with van der Waals surface area (Å²) in [6, 6.07) is 9.66. The van der Waals surface area contributed by atoms with Crippen LogP contribution in [-0.2, 0) is 6.42 Å². The molecule has 0 spiro atoms. The van der Waals surface area contributed by atoms with Crippen molar-refractivity contribution in [3.8, 4) is 0 Å². The Labute approximate surface area is 124 Å². The Bertz CT molecular complexity index is 433. The third-order valence-corrected chi connectivity index (χ3v) is 4.19. The topological polar surface area (TPSA) is 12.0 Å². The van der Waals surface area contributed by atoms with Crippen molar-refractivity contribution in [3.05, 3.63) is 47.0 Å². The number of benzene rings is 1. The summed E-state index contributed by atoms with van der Waals surface area (Å²) in [5, 5.41) is 3.67. The van der Waals surface area contributed by atoms with Gasteiger partial charge in [0.05, 0.1) is 0 Å². The maximum absolute atomic E-state index is 3.67. The third kappa shape index (κ3) is 4.49. The van der Waals surface area contributed by atoms with E-state index in [-0.39, 0.29) is 0 Å². The highest BCUT2D eigenvalue weighted by Gasteiger charge is 2.14. The molecule has 1 aliphatic carbocycles. The Kier molecular flexibility index (Phi) is 6.32. The van der Waals surface area contributed by atoms with Crippen LogP contribution in [0.1, 0.15) is 69.5 Å². The van der Waals surface area contributed by atoms with E-state index in [9.17, 15) is 0 Å². The second-order valence-electron chi connectivity index (χ2n) is 5.92. The lowest BCUT2D eigenvalue weighted by Crippen LogP contribution is -2.22. The molecule has 0 aliphatic heterocycles. The molecule has 0 saturated heterocycles. The van der Waals surface area contributed by atoms with Gasteiger partial charge in [-0.15, -0.1) is 0 Å². The van der Waals surface area contributed by atoms with E-state index in [1.807, 2.05) is 0 Å². The molecule has 1 heteroatoms. The summed E-state index contributed by atoms with van der Waals surface area (Å²) >= 11 is 0. The average molecular weight is 271 g/mol. The molecule has 20 heavy (non-hydrogen) atoms. The predicted octanol–water partition coefficient (Wildman–Crippen LogP) is 5.18. The Morgan fingerprint density at radius 3 is 2.80 bits per heavy atom. The van der Waals surface area contributed by atoms with Gasteiger partial charge < -0.3 is 5.32 Å². The summed E-state index contributed by atoms with van der Waals surface area (Å²) in [4.78, 5) is 0. The monoisotopic (exact) mass is 271 g/mol. The quantitative estimate of drug-likeness (QED) is 0.674. The molecule has 1 aromatic rings. The highest BCUT2D eigenvalue weighted by atomic mass is 14.9. The van der Waals surface area contributed by atoms with E-state index in [0.717, 1.165) is 6.54 Å². The number of hydrogen-bond acceptors (Lipinski definition) is 1. The largest absolute Gasteiger partial charge is 0.310 e. The molecule has 0 bridgehead atoms. The number of hydrogen-bond donors (Lipinski definition) is 1. The molecule has 1 unspecified atom stereocenters.